The summed E-state index contributed by atoms with van der Waals surface area (Å²) in [6, 6.07) is 8.58. The first kappa shape index (κ1) is 14.3. The van der Waals surface area contributed by atoms with Gasteiger partial charge in [0.2, 0.25) is 5.28 Å². The number of fused-ring (bicyclic) bond motifs is 1. The molecule has 0 saturated carbocycles. The van der Waals surface area contributed by atoms with Crippen LogP contribution in [0.1, 0.15) is 17.4 Å². The molecule has 0 spiro atoms. The van der Waals surface area contributed by atoms with E-state index in [1.54, 1.807) is 11.3 Å². The van der Waals surface area contributed by atoms with Gasteiger partial charge in [-0.25, -0.2) is 9.97 Å². The van der Waals surface area contributed by atoms with Gasteiger partial charge in [0.1, 0.15) is 10.6 Å². The Morgan fingerprint density at radius 3 is 2.52 bits per heavy atom. The second kappa shape index (κ2) is 5.62. The van der Waals surface area contributed by atoms with Crippen LogP contribution in [-0.4, -0.2) is 17.0 Å². The van der Waals surface area contributed by atoms with Crippen molar-refractivity contribution in [3.63, 3.8) is 0 Å². The average Bonchev–Trinajstić information content (AvgIpc) is 2.85. The molecule has 108 valence electrons. The Morgan fingerprint density at radius 2 is 1.90 bits per heavy atom. The molecular weight excluding hydrogens is 302 g/mol. The zero-order valence-electron chi connectivity index (χ0n) is 12.2. The van der Waals surface area contributed by atoms with Crippen molar-refractivity contribution in [1.29, 1.82) is 0 Å². The summed E-state index contributed by atoms with van der Waals surface area (Å²) in [7, 11) is 1.86. The molecule has 0 aliphatic rings. The highest BCUT2D eigenvalue weighted by atomic mass is 35.5. The maximum absolute atomic E-state index is 6.02. The van der Waals surface area contributed by atoms with E-state index >= 15 is 0 Å². The van der Waals surface area contributed by atoms with Crippen LogP contribution >= 0.6 is 22.9 Å². The van der Waals surface area contributed by atoms with Crippen molar-refractivity contribution < 1.29 is 0 Å². The highest BCUT2D eigenvalue weighted by molar-refractivity contribution is 7.19. The van der Waals surface area contributed by atoms with Crippen LogP contribution in [0.4, 0.5) is 5.82 Å². The molecule has 0 aliphatic heterocycles. The number of benzene rings is 1. The van der Waals surface area contributed by atoms with Gasteiger partial charge < -0.3 is 5.32 Å². The molecule has 2 heterocycles. The van der Waals surface area contributed by atoms with E-state index in [1.807, 2.05) is 7.05 Å². The van der Waals surface area contributed by atoms with Crippen LogP contribution in [0, 0.1) is 6.92 Å². The molecule has 3 nitrogen and oxygen atoms in total. The molecule has 0 bridgehead atoms. The predicted octanol–water partition coefficient (Wildman–Crippen LogP) is 4.92. The molecule has 0 unspecified atom stereocenters. The van der Waals surface area contributed by atoms with E-state index in [2.05, 4.69) is 53.4 Å². The summed E-state index contributed by atoms with van der Waals surface area (Å²) in [5, 5.41) is 4.49. The monoisotopic (exact) mass is 317 g/mol. The number of thiophene rings is 1. The molecule has 0 aliphatic carbocycles. The summed E-state index contributed by atoms with van der Waals surface area (Å²) in [5.74, 6) is 0.788. The lowest BCUT2D eigenvalue weighted by Crippen LogP contribution is -1.95. The molecule has 0 radical (unpaired) electrons. The predicted molar refractivity (Wildman–Crippen MR) is 91.5 cm³/mol. The minimum absolute atomic E-state index is 0.284. The highest BCUT2D eigenvalue weighted by Crippen LogP contribution is 2.41. The van der Waals surface area contributed by atoms with Crippen molar-refractivity contribution in [3.8, 4) is 11.1 Å². The van der Waals surface area contributed by atoms with E-state index in [9.17, 15) is 0 Å². The zero-order valence-corrected chi connectivity index (χ0v) is 13.8. The molecule has 1 aromatic carbocycles. The fourth-order valence-electron chi connectivity index (χ4n) is 2.48. The second-order valence-electron chi connectivity index (χ2n) is 4.89. The van der Waals surface area contributed by atoms with E-state index < -0.39 is 0 Å². The van der Waals surface area contributed by atoms with Gasteiger partial charge in [-0.2, -0.15) is 0 Å². The van der Waals surface area contributed by atoms with Crippen LogP contribution < -0.4 is 5.32 Å². The number of nitrogens with zero attached hydrogens (tertiary/aromatic N) is 2. The Labute approximate surface area is 133 Å². The normalized spacial score (nSPS) is 11.0. The third-order valence-electron chi connectivity index (χ3n) is 3.50. The van der Waals surface area contributed by atoms with Gasteiger partial charge >= 0.3 is 0 Å². The van der Waals surface area contributed by atoms with Crippen molar-refractivity contribution in [2.75, 3.05) is 12.4 Å². The van der Waals surface area contributed by atoms with Crippen LogP contribution in [0.25, 0.3) is 21.3 Å². The lowest BCUT2D eigenvalue weighted by molar-refractivity contribution is 1.19. The highest BCUT2D eigenvalue weighted by Gasteiger charge is 2.18. The van der Waals surface area contributed by atoms with Gasteiger partial charge in [-0.05, 0) is 30.5 Å². The van der Waals surface area contributed by atoms with Gasteiger partial charge in [0, 0.05) is 17.5 Å². The third kappa shape index (κ3) is 2.49. The fourth-order valence-corrected chi connectivity index (χ4v) is 3.83. The van der Waals surface area contributed by atoms with Crippen molar-refractivity contribution >= 4 is 39.0 Å². The topological polar surface area (TPSA) is 37.8 Å². The molecule has 2 aromatic heterocycles. The number of nitrogens with one attached hydrogen (secondary N) is 1. The maximum atomic E-state index is 6.02. The Balaban J connectivity index is 2.36. The molecule has 0 amide bonds. The Bertz CT molecular complexity index is 793. The number of aryl methyl sites for hydroxylation is 2. The van der Waals surface area contributed by atoms with Crippen LogP contribution in [0.15, 0.2) is 24.3 Å². The first-order chi connectivity index (χ1) is 10.1. The SMILES string of the molecule is CCc1sc2nc(Cl)nc(NC)c2c1-c1ccc(C)cc1. The average molecular weight is 318 g/mol. The van der Waals surface area contributed by atoms with Gasteiger partial charge in [-0.15, -0.1) is 11.3 Å². The lowest BCUT2D eigenvalue weighted by Gasteiger charge is -2.07. The third-order valence-corrected chi connectivity index (χ3v) is 4.89. The lowest BCUT2D eigenvalue weighted by atomic mass is 10.0. The number of anilines is 1. The van der Waals surface area contributed by atoms with Gasteiger partial charge in [0.15, 0.2) is 0 Å². The summed E-state index contributed by atoms with van der Waals surface area (Å²) >= 11 is 7.71. The van der Waals surface area contributed by atoms with E-state index in [1.165, 1.54) is 21.6 Å². The van der Waals surface area contributed by atoms with Crippen molar-refractivity contribution in [2.24, 2.45) is 0 Å². The summed E-state index contributed by atoms with van der Waals surface area (Å²) in [5.41, 5.74) is 3.68. The van der Waals surface area contributed by atoms with Gasteiger partial charge in [0.05, 0.1) is 5.39 Å². The molecule has 3 aromatic rings. The summed E-state index contributed by atoms with van der Waals surface area (Å²) in [6.45, 7) is 4.26. The molecule has 0 atom stereocenters. The molecule has 0 fully saturated rings. The van der Waals surface area contributed by atoms with Crippen LogP contribution in [0.5, 0.6) is 0 Å². The molecule has 1 N–H and O–H groups in total. The molecule has 0 saturated heterocycles. The number of hydrogen-bond acceptors (Lipinski definition) is 4. The van der Waals surface area contributed by atoms with Gasteiger partial charge in [0.25, 0.3) is 0 Å². The van der Waals surface area contributed by atoms with Crippen molar-refractivity contribution in [2.45, 2.75) is 20.3 Å². The molecular formula is C16H16ClN3S. The zero-order chi connectivity index (χ0) is 15.0. The largest absolute Gasteiger partial charge is 0.372 e. The van der Waals surface area contributed by atoms with E-state index in [0.717, 1.165) is 22.5 Å². The minimum atomic E-state index is 0.284. The Hall–Kier alpha value is -1.65. The van der Waals surface area contributed by atoms with Gasteiger partial charge in [-0.1, -0.05) is 36.8 Å². The first-order valence-electron chi connectivity index (χ1n) is 6.87. The summed E-state index contributed by atoms with van der Waals surface area (Å²) < 4.78 is 0. The van der Waals surface area contributed by atoms with Crippen LogP contribution in [0.2, 0.25) is 5.28 Å². The van der Waals surface area contributed by atoms with Crippen LogP contribution in [-0.2, 0) is 6.42 Å². The quantitative estimate of drug-likeness (QED) is 0.696. The smallest absolute Gasteiger partial charge is 0.225 e. The van der Waals surface area contributed by atoms with Crippen molar-refractivity contribution in [3.05, 3.63) is 40.0 Å². The minimum Gasteiger partial charge on any atom is -0.372 e. The number of rotatable bonds is 3. The van der Waals surface area contributed by atoms with E-state index in [0.29, 0.717) is 0 Å². The Kier molecular flexibility index (Phi) is 3.83. The van der Waals surface area contributed by atoms with Gasteiger partial charge in [-0.3, -0.25) is 0 Å². The maximum Gasteiger partial charge on any atom is 0.225 e. The molecule has 21 heavy (non-hydrogen) atoms. The first-order valence-corrected chi connectivity index (χ1v) is 8.07. The molecule has 3 rings (SSSR count). The Morgan fingerprint density at radius 1 is 1.19 bits per heavy atom. The van der Waals surface area contributed by atoms with E-state index in [-0.39, 0.29) is 5.28 Å². The standard InChI is InChI=1S/C16H16ClN3S/c1-4-11-12(10-7-5-9(2)6-8-10)13-14(18-3)19-16(17)20-15(13)21-11/h5-8H,4H2,1-3H3,(H,18,19,20). The van der Waals surface area contributed by atoms with Crippen LogP contribution in [0.3, 0.4) is 0 Å². The summed E-state index contributed by atoms with van der Waals surface area (Å²) in [6.07, 6.45) is 0.963. The summed E-state index contributed by atoms with van der Waals surface area (Å²) in [4.78, 5) is 11.0. The number of aromatic nitrogens is 2. The number of hydrogen-bond donors (Lipinski definition) is 1. The molecule has 5 heteroatoms. The second-order valence-corrected chi connectivity index (χ2v) is 6.31. The van der Waals surface area contributed by atoms with Crippen molar-refractivity contribution in [1.82, 2.24) is 9.97 Å². The fraction of sp³-hybridized carbons (Fsp3) is 0.250. The van der Waals surface area contributed by atoms with E-state index in [4.69, 9.17) is 11.6 Å². The number of halogens is 1.